The van der Waals surface area contributed by atoms with Gasteiger partial charge in [0.2, 0.25) is 0 Å². The molecule has 0 aromatic carbocycles. The van der Waals surface area contributed by atoms with Crippen molar-refractivity contribution in [3.63, 3.8) is 0 Å². The van der Waals surface area contributed by atoms with E-state index in [1.807, 2.05) is 11.8 Å². The number of anilines is 1. The molecule has 0 saturated heterocycles. The number of nitrogens with zero attached hydrogens (tertiary/aromatic N) is 2. The molecule has 0 fully saturated rings. The van der Waals surface area contributed by atoms with Gasteiger partial charge in [-0.25, -0.2) is 0 Å². The number of hydrogen-bond acceptors (Lipinski definition) is 5. The van der Waals surface area contributed by atoms with Crippen molar-refractivity contribution >= 4 is 28.3 Å². The fourth-order valence-electron chi connectivity index (χ4n) is 0.883. The average molecular weight is 231 g/mol. The van der Waals surface area contributed by atoms with E-state index in [1.165, 1.54) is 11.5 Å². The van der Waals surface area contributed by atoms with Crippen molar-refractivity contribution in [2.75, 3.05) is 11.9 Å². The molecule has 5 heteroatoms. The van der Waals surface area contributed by atoms with Crippen molar-refractivity contribution in [2.45, 2.75) is 38.2 Å². The van der Waals surface area contributed by atoms with E-state index in [0.717, 1.165) is 23.0 Å². The lowest BCUT2D eigenvalue weighted by Crippen LogP contribution is -2.08. The minimum atomic E-state index is 0.285. The Balaban J connectivity index is 2.53. The number of nitrogens with one attached hydrogen (secondary N) is 1. The van der Waals surface area contributed by atoms with Crippen LogP contribution in [0, 0.1) is 0 Å². The third-order valence-corrected chi connectivity index (χ3v) is 3.54. The molecule has 1 aromatic heterocycles. The van der Waals surface area contributed by atoms with Crippen LogP contribution in [0.1, 0.15) is 33.4 Å². The monoisotopic (exact) mass is 231 g/mol. The number of thioether (sulfide) groups is 1. The maximum absolute atomic E-state index is 4.12. The van der Waals surface area contributed by atoms with Gasteiger partial charge in [-0.1, -0.05) is 25.3 Å². The van der Waals surface area contributed by atoms with E-state index in [4.69, 9.17) is 0 Å². The molecule has 1 heterocycles. The molecule has 0 saturated carbocycles. The Hall–Kier alpha value is -0.290. The van der Waals surface area contributed by atoms with Gasteiger partial charge in [0.25, 0.3) is 0 Å². The predicted octanol–water partition coefficient (Wildman–Crippen LogP) is 3.00. The van der Waals surface area contributed by atoms with E-state index >= 15 is 0 Å². The Bertz CT molecular complexity index is 278. The smallest absolute Gasteiger partial charge is 0.134 e. The molecule has 0 spiro atoms. The molecule has 0 amide bonds. The van der Waals surface area contributed by atoms with Gasteiger partial charge in [0.15, 0.2) is 0 Å². The van der Waals surface area contributed by atoms with Crippen LogP contribution in [-0.2, 0) is 5.75 Å². The summed E-state index contributed by atoms with van der Waals surface area (Å²) in [5.41, 5.74) is 1.08. The van der Waals surface area contributed by atoms with Crippen LogP contribution in [0.5, 0.6) is 0 Å². The fraction of sp³-hybridized carbons (Fsp3) is 0.778. The Labute approximate surface area is 93.8 Å². The van der Waals surface area contributed by atoms with Crippen LogP contribution in [0.3, 0.4) is 0 Å². The summed E-state index contributed by atoms with van der Waals surface area (Å²) in [5.74, 6) is 0.933. The second-order valence-corrected chi connectivity index (χ2v) is 6.54. The van der Waals surface area contributed by atoms with Crippen molar-refractivity contribution < 1.29 is 0 Å². The van der Waals surface area contributed by atoms with Gasteiger partial charge in [0, 0.05) is 28.6 Å². The maximum atomic E-state index is 4.12. The van der Waals surface area contributed by atoms with E-state index in [1.54, 1.807) is 0 Å². The third kappa shape index (κ3) is 3.84. The number of aromatic nitrogens is 2. The molecule has 80 valence electrons. The van der Waals surface area contributed by atoms with Crippen LogP contribution in [-0.4, -0.2) is 20.9 Å². The SMILES string of the molecule is CCNc1snnc1CSC(C)(C)C. The van der Waals surface area contributed by atoms with Crippen molar-refractivity contribution in [3.8, 4) is 0 Å². The van der Waals surface area contributed by atoms with Gasteiger partial charge in [0.05, 0.1) is 0 Å². The van der Waals surface area contributed by atoms with E-state index in [2.05, 4.69) is 42.6 Å². The highest BCUT2D eigenvalue weighted by Crippen LogP contribution is 2.30. The second kappa shape index (κ2) is 4.98. The van der Waals surface area contributed by atoms with Gasteiger partial charge < -0.3 is 5.32 Å². The largest absolute Gasteiger partial charge is 0.374 e. The molecule has 0 bridgehead atoms. The summed E-state index contributed by atoms with van der Waals surface area (Å²) in [6.07, 6.45) is 0. The first kappa shape index (κ1) is 11.8. The topological polar surface area (TPSA) is 37.8 Å². The zero-order valence-electron chi connectivity index (χ0n) is 9.13. The lowest BCUT2D eigenvalue weighted by Gasteiger charge is -2.16. The normalized spacial score (nSPS) is 11.7. The van der Waals surface area contributed by atoms with Crippen molar-refractivity contribution in [3.05, 3.63) is 5.69 Å². The lowest BCUT2D eigenvalue weighted by molar-refractivity contribution is 0.801. The van der Waals surface area contributed by atoms with Crippen molar-refractivity contribution in [1.82, 2.24) is 9.59 Å². The zero-order chi connectivity index (χ0) is 10.6. The van der Waals surface area contributed by atoms with E-state index in [9.17, 15) is 0 Å². The van der Waals surface area contributed by atoms with Gasteiger partial charge in [0.1, 0.15) is 10.7 Å². The second-order valence-electron chi connectivity index (χ2n) is 3.98. The average Bonchev–Trinajstić information content (AvgIpc) is 2.48. The Kier molecular flexibility index (Phi) is 4.19. The minimum Gasteiger partial charge on any atom is -0.374 e. The lowest BCUT2D eigenvalue weighted by atomic mass is 10.3. The van der Waals surface area contributed by atoms with Gasteiger partial charge >= 0.3 is 0 Å². The Morgan fingerprint density at radius 1 is 1.43 bits per heavy atom. The summed E-state index contributed by atoms with van der Waals surface area (Å²) < 4.78 is 4.24. The van der Waals surface area contributed by atoms with Crippen molar-refractivity contribution in [1.29, 1.82) is 0 Å². The molecule has 0 unspecified atom stereocenters. The highest BCUT2D eigenvalue weighted by Gasteiger charge is 2.14. The van der Waals surface area contributed by atoms with Crippen LogP contribution in [0.15, 0.2) is 0 Å². The van der Waals surface area contributed by atoms with E-state index in [-0.39, 0.29) is 4.75 Å². The maximum Gasteiger partial charge on any atom is 0.134 e. The Morgan fingerprint density at radius 3 is 2.71 bits per heavy atom. The molecule has 1 rings (SSSR count). The molecule has 14 heavy (non-hydrogen) atoms. The van der Waals surface area contributed by atoms with Crippen molar-refractivity contribution in [2.24, 2.45) is 0 Å². The van der Waals surface area contributed by atoms with Crippen LogP contribution in [0.4, 0.5) is 5.00 Å². The molecule has 0 radical (unpaired) electrons. The van der Waals surface area contributed by atoms with Gasteiger partial charge in [-0.3, -0.25) is 0 Å². The summed E-state index contributed by atoms with van der Waals surface area (Å²) >= 11 is 3.33. The quantitative estimate of drug-likeness (QED) is 0.864. The third-order valence-electron chi connectivity index (χ3n) is 1.53. The predicted molar refractivity (Wildman–Crippen MR) is 65.1 cm³/mol. The molecular weight excluding hydrogens is 214 g/mol. The van der Waals surface area contributed by atoms with Gasteiger partial charge in [-0.05, 0) is 6.92 Å². The first-order valence-electron chi connectivity index (χ1n) is 4.72. The molecule has 0 aliphatic rings. The van der Waals surface area contributed by atoms with E-state index in [0.29, 0.717) is 0 Å². The molecule has 0 aliphatic heterocycles. The molecule has 0 atom stereocenters. The first-order valence-corrected chi connectivity index (χ1v) is 6.48. The van der Waals surface area contributed by atoms with Crippen LogP contribution in [0.2, 0.25) is 0 Å². The molecular formula is C9H17N3S2. The summed E-state index contributed by atoms with van der Waals surface area (Å²) in [4.78, 5) is 0. The molecule has 1 N–H and O–H groups in total. The van der Waals surface area contributed by atoms with Gasteiger partial charge in [-0.15, -0.1) is 16.9 Å². The standard InChI is InChI=1S/C9H17N3S2/c1-5-10-8-7(11-12-14-8)6-13-9(2,3)4/h10H,5-6H2,1-4H3. The number of hydrogen-bond donors (Lipinski definition) is 1. The van der Waals surface area contributed by atoms with Crippen LogP contribution >= 0.6 is 23.3 Å². The summed E-state index contributed by atoms with van der Waals surface area (Å²) in [7, 11) is 0. The van der Waals surface area contributed by atoms with Crippen LogP contribution in [0.25, 0.3) is 0 Å². The van der Waals surface area contributed by atoms with E-state index < -0.39 is 0 Å². The molecule has 1 aromatic rings. The summed E-state index contributed by atoms with van der Waals surface area (Å²) in [6.45, 7) is 9.65. The summed E-state index contributed by atoms with van der Waals surface area (Å²) in [5, 5.41) is 8.51. The summed E-state index contributed by atoms with van der Waals surface area (Å²) in [6, 6.07) is 0. The van der Waals surface area contributed by atoms with Gasteiger partial charge in [-0.2, -0.15) is 0 Å². The number of rotatable bonds is 4. The molecule has 0 aliphatic carbocycles. The van der Waals surface area contributed by atoms with Crippen LogP contribution < -0.4 is 5.32 Å². The fourth-order valence-corrected chi connectivity index (χ4v) is 2.39. The minimum absolute atomic E-state index is 0.285. The highest BCUT2D eigenvalue weighted by atomic mass is 32.2. The Morgan fingerprint density at radius 2 is 2.14 bits per heavy atom. The first-order chi connectivity index (χ1) is 6.53. The highest BCUT2D eigenvalue weighted by molar-refractivity contribution is 7.99. The molecule has 3 nitrogen and oxygen atoms in total. The zero-order valence-corrected chi connectivity index (χ0v) is 10.8.